The zero-order valence-electron chi connectivity index (χ0n) is 19.2. The molecule has 2 heterocycles. The van der Waals surface area contributed by atoms with Gasteiger partial charge in [0.05, 0.1) is 35.8 Å². The fourth-order valence-corrected chi connectivity index (χ4v) is 3.85. The molecule has 1 unspecified atom stereocenters. The Balaban J connectivity index is 1.67. The molecule has 2 N–H and O–H groups in total. The Kier molecular flexibility index (Phi) is 6.91. The van der Waals surface area contributed by atoms with Crippen LogP contribution in [0.25, 0.3) is 10.8 Å². The minimum atomic E-state index is -0.806. The van der Waals surface area contributed by atoms with E-state index in [4.69, 9.17) is 9.47 Å². The number of rotatable bonds is 7. The Hall–Kier alpha value is -4.47. The van der Waals surface area contributed by atoms with Crippen molar-refractivity contribution in [2.24, 2.45) is 0 Å². The SMILES string of the molecule is CCOC(=O)C1=C(COC(=O)c2nn(Cc3ccccc3)c(=O)c3ccccc23)NC(=O)NC1C. The molecule has 10 nitrogen and oxygen atoms in total. The molecule has 0 fully saturated rings. The van der Waals surface area contributed by atoms with E-state index in [1.54, 1.807) is 38.1 Å². The third-order valence-corrected chi connectivity index (χ3v) is 5.45. The van der Waals surface area contributed by atoms with E-state index < -0.39 is 30.6 Å². The van der Waals surface area contributed by atoms with Crippen molar-refractivity contribution in [2.75, 3.05) is 13.2 Å². The number of hydrogen-bond acceptors (Lipinski definition) is 7. The summed E-state index contributed by atoms with van der Waals surface area (Å²) in [5.41, 5.74) is 0.726. The number of benzene rings is 2. The summed E-state index contributed by atoms with van der Waals surface area (Å²) >= 11 is 0. The van der Waals surface area contributed by atoms with Crippen molar-refractivity contribution >= 4 is 28.7 Å². The van der Waals surface area contributed by atoms with Crippen molar-refractivity contribution in [3.05, 3.63) is 87.5 Å². The van der Waals surface area contributed by atoms with Crippen LogP contribution in [0.2, 0.25) is 0 Å². The largest absolute Gasteiger partial charge is 0.463 e. The second kappa shape index (κ2) is 10.2. The fraction of sp³-hybridized carbons (Fsp3) is 0.240. The van der Waals surface area contributed by atoms with Crippen LogP contribution in [0.1, 0.15) is 29.9 Å². The minimum Gasteiger partial charge on any atom is -0.463 e. The summed E-state index contributed by atoms with van der Waals surface area (Å²) in [4.78, 5) is 50.5. The van der Waals surface area contributed by atoms with E-state index in [9.17, 15) is 19.2 Å². The molecule has 2 aromatic carbocycles. The number of amides is 2. The lowest BCUT2D eigenvalue weighted by atomic mass is 10.0. The van der Waals surface area contributed by atoms with Gasteiger partial charge >= 0.3 is 18.0 Å². The van der Waals surface area contributed by atoms with Crippen LogP contribution in [0.5, 0.6) is 0 Å². The first-order valence-electron chi connectivity index (χ1n) is 11.1. The van der Waals surface area contributed by atoms with Crippen molar-refractivity contribution in [3.63, 3.8) is 0 Å². The van der Waals surface area contributed by atoms with Crippen molar-refractivity contribution in [3.8, 4) is 0 Å². The Bertz CT molecular complexity index is 1380. The van der Waals surface area contributed by atoms with Gasteiger partial charge in [0.15, 0.2) is 5.69 Å². The van der Waals surface area contributed by atoms with Crippen molar-refractivity contribution in [2.45, 2.75) is 26.4 Å². The number of ether oxygens (including phenoxy) is 2. The molecule has 180 valence electrons. The highest BCUT2D eigenvalue weighted by Gasteiger charge is 2.30. The summed E-state index contributed by atoms with van der Waals surface area (Å²) in [6, 6.07) is 14.7. The van der Waals surface area contributed by atoms with E-state index >= 15 is 0 Å². The van der Waals surface area contributed by atoms with Gasteiger partial charge in [-0.2, -0.15) is 5.10 Å². The summed E-state index contributed by atoms with van der Waals surface area (Å²) in [7, 11) is 0. The van der Waals surface area contributed by atoms with Gasteiger partial charge < -0.3 is 20.1 Å². The van der Waals surface area contributed by atoms with Gasteiger partial charge in [-0.15, -0.1) is 0 Å². The highest BCUT2D eigenvalue weighted by atomic mass is 16.5. The highest BCUT2D eigenvalue weighted by molar-refractivity contribution is 6.02. The predicted octanol–water partition coefficient (Wildman–Crippen LogP) is 2.12. The molecule has 0 aliphatic carbocycles. The topological polar surface area (TPSA) is 129 Å². The van der Waals surface area contributed by atoms with E-state index in [1.807, 2.05) is 30.3 Å². The first kappa shape index (κ1) is 23.7. The molecule has 35 heavy (non-hydrogen) atoms. The maximum absolute atomic E-state index is 13.1. The molecule has 0 radical (unpaired) electrons. The summed E-state index contributed by atoms with van der Waals surface area (Å²) in [6.45, 7) is 3.22. The van der Waals surface area contributed by atoms with E-state index in [1.165, 1.54) is 4.68 Å². The fourth-order valence-electron chi connectivity index (χ4n) is 3.85. The Morgan fingerprint density at radius 1 is 0.971 bits per heavy atom. The standard InChI is InChI=1S/C25H24N4O6/c1-3-34-23(31)20-15(2)26-25(33)27-19(20)14-35-24(32)21-17-11-7-8-12-18(17)22(30)29(28-21)13-16-9-5-4-6-10-16/h4-12,15H,3,13-14H2,1-2H3,(H2,26,27,33). The molecule has 2 amide bonds. The molecular weight excluding hydrogens is 452 g/mol. The third-order valence-electron chi connectivity index (χ3n) is 5.45. The van der Waals surface area contributed by atoms with Crippen molar-refractivity contribution in [1.29, 1.82) is 0 Å². The van der Waals surface area contributed by atoms with Crippen LogP contribution in [0.15, 0.2) is 70.7 Å². The third kappa shape index (κ3) is 5.06. The van der Waals surface area contributed by atoms with Crippen LogP contribution in [0, 0.1) is 0 Å². The van der Waals surface area contributed by atoms with E-state index in [2.05, 4.69) is 15.7 Å². The summed E-state index contributed by atoms with van der Waals surface area (Å²) in [6.07, 6.45) is 0. The molecular formula is C25H24N4O6. The second-order valence-electron chi connectivity index (χ2n) is 7.85. The molecule has 3 aromatic rings. The number of nitrogens with zero attached hydrogens (tertiary/aromatic N) is 2. The van der Waals surface area contributed by atoms with Crippen LogP contribution < -0.4 is 16.2 Å². The van der Waals surface area contributed by atoms with E-state index in [0.717, 1.165) is 5.56 Å². The average molecular weight is 476 g/mol. The van der Waals surface area contributed by atoms with E-state index in [-0.39, 0.29) is 35.7 Å². The number of urea groups is 1. The van der Waals surface area contributed by atoms with Crippen LogP contribution in [-0.4, -0.2) is 47.0 Å². The molecule has 0 saturated carbocycles. The Labute approximate surface area is 200 Å². The lowest BCUT2D eigenvalue weighted by molar-refractivity contribution is -0.139. The number of hydrogen-bond donors (Lipinski definition) is 2. The lowest BCUT2D eigenvalue weighted by Gasteiger charge is -2.26. The first-order chi connectivity index (χ1) is 16.9. The normalized spacial score (nSPS) is 15.4. The van der Waals surface area contributed by atoms with Gasteiger partial charge in [-0.3, -0.25) is 4.79 Å². The molecule has 0 bridgehead atoms. The van der Waals surface area contributed by atoms with Crippen molar-refractivity contribution < 1.29 is 23.9 Å². The van der Waals surface area contributed by atoms with Crippen LogP contribution in [0.4, 0.5) is 4.79 Å². The maximum atomic E-state index is 13.1. The van der Waals surface area contributed by atoms with Gasteiger partial charge in [0.1, 0.15) is 6.61 Å². The highest BCUT2D eigenvalue weighted by Crippen LogP contribution is 2.18. The van der Waals surface area contributed by atoms with Crippen LogP contribution in [-0.2, 0) is 20.8 Å². The number of aromatic nitrogens is 2. The first-order valence-corrected chi connectivity index (χ1v) is 11.1. The summed E-state index contributed by atoms with van der Waals surface area (Å²) in [5, 5.41) is 10.0. The Morgan fingerprint density at radius 2 is 1.66 bits per heavy atom. The minimum absolute atomic E-state index is 0.0530. The van der Waals surface area contributed by atoms with Crippen LogP contribution in [0.3, 0.4) is 0 Å². The Morgan fingerprint density at radius 3 is 2.37 bits per heavy atom. The maximum Gasteiger partial charge on any atom is 0.359 e. The second-order valence-corrected chi connectivity index (χ2v) is 7.85. The molecule has 10 heteroatoms. The summed E-state index contributed by atoms with van der Waals surface area (Å²) in [5.74, 6) is -1.43. The van der Waals surface area contributed by atoms with Gasteiger partial charge in [0, 0.05) is 5.39 Å². The molecule has 1 atom stereocenters. The number of fused-ring (bicyclic) bond motifs is 1. The lowest BCUT2D eigenvalue weighted by Crippen LogP contribution is -2.50. The molecule has 1 aromatic heterocycles. The van der Waals surface area contributed by atoms with Gasteiger partial charge in [0.25, 0.3) is 5.56 Å². The van der Waals surface area contributed by atoms with Gasteiger partial charge in [-0.1, -0.05) is 48.5 Å². The quantitative estimate of drug-likeness (QED) is 0.500. The molecule has 0 saturated heterocycles. The number of esters is 2. The smallest absolute Gasteiger partial charge is 0.359 e. The monoisotopic (exact) mass is 476 g/mol. The molecule has 4 rings (SSSR count). The molecule has 1 aliphatic rings. The van der Waals surface area contributed by atoms with Crippen LogP contribution >= 0.6 is 0 Å². The molecule has 1 aliphatic heterocycles. The zero-order valence-corrected chi connectivity index (χ0v) is 19.2. The number of carbonyl (C=O) groups is 3. The van der Waals surface area contributed by atoms with Gasteiger partial charge in [-0.05, 0) is 25.5 Å². The van der Waals surface area contributed by atoms with Crippen molar-refractivity contribution in [1.82, 2.24) is 20.4 Å². The van der Waals surface area contributed by atoms with Gasteiger partial charge in [-0.25, -0.2) is 19.1 Å². The average Bonchev–Trinajstić information content (AvgIpc) is 2.84. The van der Waals surface area contributed by atoms with E-state index in [0.29, 0.717) is 10.8 Å². The number of nitrogens with one attached hydrogen (secondary N) is 2. The summed E-state index contributed by atoms with van der Waals surface area (Å²) < 4.78 is 11.7. The number of carbonyl (C=O) groups excluding carboxylic acids is 3. The zero-order chi connectivity index (χ0) is 24.9. The van der Waals surface area contributed by atoms with Gasteiger partial charge in [0.2, 0.25) is 0 Å². The predicted molar refractivity (Wildman–Crippen MR) is 127 cm³/mol. The molecule has 0 spiro atoms.